The summed E-state index contributed by atoms with van der Waals surface area (Å²) in [5, 5.41) is 10.6. The Morgan fingerprint density at radius 1 is 1.10 bits per heavy atom. The highest BCUT2D eigenvalue weighted by Crippen LogP contribution is 2.16. The van der Waals surface area contributed by atoms with Crippen LogP contribution in [-0.2, 0) is 0 Å². The van der Waals surface area contributed by atoms with Gasteiger partial charge in [-0.1, -0.05) is 24.3 Å². The van der Waals surface area contributed by atoms with Crippen molar-refractivity contribution in [3.63, 3.8) is 0 Å². The fourth-order valence-electron chi connectivity index (χ4n) is 1.73. The highest BCUT2D eigenvalue weighted by molar-refractivity contribution is 6.07. The topological polar surface area (TPSA) is 60.2 Å². The molecule has 0 N–H and O–H groups in total. The molecule has 0 aliphatic heterocycles. The second-order valence-electron chi connectivity index (χ2n) is 4.15. The molecule has 2 aromatic carbocycles. The molecule has 0 saturated heterocycles. The maximum atomic E-state index is 13.4. The maximum Gasteiger partial charge on any atom is 0.270 e. The molecule has 0 atom stereocenters. The summed E-state index contributed by atoms with van der Waals surface area (Å²) in [5.74, 6) is -2.76. The Balaban J connectivity index is 2.27. The lowest BCUT2D eigenvalue weighted by Crippen LogP contribution is -2.02. The van der Waals surface area contributed by atoms with Gasteiger partial charge in [-0.15, -0.1) is 0 Å². The third kappa shape index (κ3) is 3.36. The molecule has 0 amide bonds. The van der Waals surface area contributed by atoms with E-state index in [1.165, 1.54) is 30.3 Å². The minimum absolute atomic E-state index is 0.137. The van der Waals surface area contributed by atoms with Crippen LogP contribution < -0.4 is 0 Å². The Hall–Kier alpha value is -2.89. The largest absolute Gasteiger partial charge is 0.289 e. The zero-order chi connectivity index (χ0) is 15.4. The number of nitro benzene ring substituents is 1. The standard InChI is InChI=1S/C15H9F2NO3/c16-12-5-2-6-13(17)15(12)14(19)8-7-10-3-1-4-11(9-10)18(20)21/h1-9H/b8-7+. The van der Waals surface area contributed by atoms with E-state index in [2.05, 4.69) is 0 Å². The van der Waals surface area contributed by atoms with Crippen molar-refractivity contribution >= 4 is 17.5 Å². The van der Waals surface area contributed by atoms with Gasteiger partial charge in [-0.2, -0.15) is 0 Å². The predicted octanol–water partition coefficient (Wildman–Crippen LogP) is 3.77. The van der Waals surface area contributed by atoms with Crippen LogP contribution in [-0.4, -0.2) is 10.7 Å². The number of halogens is 2. The summed E-state index contributed by atoms with van der Waals surface area (Å²) in [6.07, 6.45) is 2.24. The Kier molecular flexibility index (Phi) is 4.18. The fourth-order valence-corrected chi connectivity index (χ4v) is 1.73. The van der Waals surface area contributed by atoms with E-state index in [9.17, 15) is 23.7 Å². The van der Waals surface area contributed by atoms with Crippen LogP contribution in [0.1, 0.15) is 15.9 Å². The van der Waals surface area contributed by atoms with Crippen molar-refractivity contribution in [3.8, 4) is 0 Å². The van der Waals surface area contributed by atoms with Gasteiger partial charge in [-0.3, -0.25) is 14.9 Å². The summed E-state index contributed by atoms with van der Waals surface area (Å²) in [4.78, 5) is 21.8. The van der Waals surface area contributed by atoms with Gasteiger partial charge in [0.25, 0.3) is 5.69 Å². The smallest absolute Gasteiger partial charge is 0.270 e. The van der Waals surface area contributed by atoms with Crippen LogP contribution in [0, 0.1) is 21.7 Å². The number of carbonyl (C=O) groups excluding carboxylic acids is 1. The summed E-state index contributed by atoms with van der Waals surface area (Å²) in [5.41, 5.74) is -0.407. The van der Waals surface area contributed by atoms with Crippen LogP contribution in [0.15, 0.2) is 48.5 Å². The van der Waals surface area contributed by atoms with E-state index in [4.69, 9.17) is 0 Å². The summed E-state index contributed by atoms with van der Waals surface area (Å²) in [6, 6.07) is 8.67. The summed E-state index contributed by atoms with van der Waals surface area (Å²) in [7, 11) is 0. The number of hydrogen-bond acceptors (Lipinski definition) is 3. The van der Waals surface area contributed by atoms with Crippen LogP contribution >= 0.6 is 0 Å². The summed E-state index contributed by atoms with van der Waals surface area (Å²) in [6.45, 7) is 0. The number of allylic oxidation sites excluding steroid dienone is 1. The molecular weight excluding hydrogens is 280 g/mol. The second kappa shape index (κ2) is 6.04. The van der Waals surface area contributed by atoms with Crippen molar-refractivity contribution < 1.29 is 18.5 Å². The Bertz CT molecular complexity index is 721. The van der Waals surface area contributed by atoms with E-state index in [1.54, 1.807) is 0 Å². The highest BCUT2D eigenvalue weighted by Gasteiger charge is 2.14. The van der Waals surface area contributed by atoms with E-state index in [1.807, 2.05) is 0 Å². The lowest BCUT2D eigenvalue weighted by atomic mass is 10.1. The minimum Gasteiger partial charge on any atom is -0.289 e. The first-order valence-electron chi connectivity index (χ1n) is 5.90. The zero-order valence-corrected chi connectivity index (χ0v) is 10.6. The number of ketones is 1. The van der Waals surface area contributed by atoms with Gasteiger partial charge in [0.05, 0.1) is 10.5 Å². The van der Waals surface area contributed by atoms with Crippen molar-refractivity contribution in [1.82, 2.24) is 0 Å². The van der Waals surface area contributed by atoms with Gasteiger partial charge < -0.3 is 0 Å². The Labute approximate surface area is 118 Å². The first-order chi connectivity index (χ1) is 9.99. The molecule has 4 nitrogen and oxygen atoms in total. The van der Waals surface area contributed by atoms with Gasteiger partial charge in [0.2, 0.25) is 0 Å². The quantitative estimate of drug-likeness (QED) is 0.372. The second-order valence-corrected chi connectivity index (χ2v) is 4.15. The molecule has 0 fully saturated rings. The van der Waals surface area contributed by atoms with Crippen molar-refractivity contribution in [3.05, 3.63) is 81.4 Å². The maximum absolute atomic E-state index is 13.4. The average Bonchev–Trinajstić information content (AvgIpc) is 2.45. The van der Waals surface area contributed by atoms with Crippen LogP contribution in [0.4, 0.5) is 14.5 Å². The number of non-ortho nitro benzene ring substituents is 1. The van der Waals surface area contributed by atoms with Gasteiger partial charge in [0, 0.05) is 12.1 Å². The molecule has 6 heteroatoms. The molecule has 106 valence electrons. The van der Waals surface area contributed by atoms with Gasteiger partial charge in [-0.05, 0) is 23.8 Å². The molecule has 2 aromatic rings. The molecule has 0 heterocycles. The predicted molar refractivity (Wildman–Crippen MR) is 72.8 cm³/mol. The number of nitrogens with zero attached hydrogens (tertiary/aromatic N) is 1. The SMILES string of the molecule is O=C(/C=C/c1cccc([N+](=O)[O-])c1)c1c(F)cccc1F. The molecule has 0 radical (unpaired) electrons. The average molecular weight is 289 g/mol. The number of rotatable bonds is 4. The molecule has 0 saturated carbocycles. The molecule has 0 unspecified atom stereocenters. The van der Waals surface area contributed by atoms with E-state index in [-0.39, 0.29) is 5.69 Å². The monoisotopic (exact) mass is 289 g/mol. The van der Waals surface area contributed by atoms with Crippen molar-refractivity contribution in [1.29, 1.82) is 0 Å². The molecule has 0 spiro atoms. The van der Waals surface area contributed by atoms with Gasteiger partial charge >= 0.3 is 0 Å². The van der Waals surface area contributed by atoms with E-state index in [0.717, 1.165) is 24.3 Å². The number of carbonyl (C=O) groups is 1. The first kappa shape index (κ1) is 14.5. The van der Waals surface area contributed by atoms with E-state index >= 15 is 0 Å². The Morgan fingerprint density at radius 3 is 2.33 bits per heavy atom. The third-order valence-electron chi connectivity index (χ3n) is 2.72. The van der Waals surface area contributed by atoms with Crippen molar-refractivity contribution in [2.45, 2.75) is 0 Å². The molecular formula is C15H9F2NO3. The third-order valence-corrected chi connectivity index (χ3v) is 2.72. The van der Waals surface area contributed by atoms with Gasteiger partial charge in [-0.25, -0.2) is 8.78 Å². The van der Waals surface area contributed by atoms with Crippen molar-refractivity contribution in [2.24, 2.45) is 0 Å². The number of hydrogen-bond donors (Lipinski definition) is 0. The van der Waals surface area contributed by atoms with Gasteiger partial charge in [0.1, 0.15) is 11.6 Å². The molecule has 0 aliphatic carbocycles. The van der Waals surface area contributed by atoms with Crippen molar-refractivity contribution in [2.75, 3.05) is 0 Å². The molecule has 21 heavy (non-hydrogen) atoms. The summed E-state index contributed by atoms with van der Waals surface area (Å²) < 4.78 is 26.8. The van der Waals surface area contributed by atoms with E-state index in [0.29, 0.717) is 5.56 Å². The van der Waals surface area contributed by atoms with Crippen LogP contribution in [0.25, 0.3) is 6.08 Å². The van der Waals surface area contributed by atoms with E-state index < -0.39 is 27.9 Å². The minimum atomic E-state index is -0.955. The normalized spacial score (nSPS) is 10.8. The number of nitro groups is 1. The Morgan fingerprint density at radius 2 is 1.71 bits per heavy atom. The summed E-state index contributed by atoms with van der Waals surface area (Å²) >= 11 is 0. The van der Waals surface area contributed by atoms with Crippen LogP contribution in [0.2, 0.25) is 0 Å². The lowest BCUT2D eigenvalue weighted by molar-refractivity contribution is -0.384. The van der Waals surface area contributed by atoms with Gasteiger partial charge in [0.15, 0.2) is 5.78 Å². The van der Waals surface area contributed by atoms with Crippen LogP contribution in [0.5, 0.6) is 0 Å². The molecule has 0 aromatic heterocycles. The number of benzene rings is 2. The molecule has 0 aliphatic rings. The molecule has 2 rings (SSSR count). The lowest BCUT2D eigenvalue weighted by Gasteiger charge is -2.00. The highest BCUT2D eigenvalue weighted by atomic mass is 19.1. The fraction of sp³-hybridized carbons (Fsp3) is 0. The van der Waals surface area contributed by atoms with Crippen LogP contribution in [0.3, 0.4) is 0 Å². The molecule has 0 bridgehead atoms. The zero-order valence-electron chi connectivity index (χ0n) is 10.6. The first-order valence-corrected chi connectivity index (χ1v) is 5.90.